The third-order valence-electron chi connectivity index (χ3n) is 5.98. The zero-order valence-electron chi connectivity index (χ0n) is 14.5. The molecule has 4 unspecified atom stereocenters. The quantitative estimate of drug-likeness (QED) is 0.874. The standard InChI is InChI=1S/C20H24ClN3O/c1-13(18-9-14-6-7-15(18)8-14)23-20(25)17-10-22-24(12-17)11-16-4-2-3-5-19(16)21/h2-5,10,12-15,18H,6-9,11H2,1H3,(H,23,25). The van der Waals surface area contributed by atoms with Crippen molar-refractivity contribution in [1.29, 1.82) is 0 Å². The van der Waals surface area contributed by atoms with E-state index in [9.17, 15) is 4.79 Å². The van der Waals surface area contributed by atoms with Crippen LogP contribution in [0.5, 0.6) is 0 Å². The van der Waals surface area contributed by atoms with Gasteiger partial charge in [-0.3, -0.25) is 9.48 Å². The molecular weight excluding hydrogens is 334 g/mol. The Labute approximate surface area is 153 Å². The molecule has 4 rings (SSSR count). The molecule has 1 aromatic heterocycles. The number of rotatable bonds is 5. The Balaban J connectivity index is 1.38. The highest BCUT2D eigenvalue weighted by molar-refractivity contribution is 6.31. The molecule has 1 amide bonds. The summed E-state index contributed by atoms with van der Waals surface area (Å²) >= 11 is 6.20. The number of carbonyl (C=O) groups is 1. The summed E-state index contributed by atoms with van der Waals surface area (Å²) in [5.41, 5.74) is 1.61. The molecule has 0 radical (unpaired) electrons. The van der Waals surface area contributed by atoms with Crippen molar-refractivity contribution < 1.29 is 4.79 Å². The van der Waals surface area contributed by atoms with E-state index >= 15 is 0 Å². The summed E-state index contributed by atoms with van der Waals surface area (Å²) < 4.78 is 1.76. The van der Waals surface area contributed by atoms with E-state index in [2.05, 4.69) is 17.3 Å². The summed E-state index contributed by atoms with van der Waals surface area (Å²) in [6.07, 6.45) is 8.80. The van der Waals surface area contributed by atoms with Crippen LogP contribution in [0.4, 0.5) is 0 Å². The van der Waals surface area contributed by atoms with Gasteiger partial charge in [0.25, 0.3) is 5.91 Å². The number of amides is 1. The van der Waals surface area contributed by atoms with Gasteiger partial charge in [0.2, 0.25) is 0 Å². The molecule has 2 aromatic rings. The van der Waals surface area contributed by atoms with E-state index in [0.717, 1.165) is 17.4 Å². The number of hydrogen-bond acceptors (Lipinski definition) is 2. The van der Waals surface area contributed by atoms with Crippen LogP contribution >= 0.6 is 11.6 Å². The zero-order valence-corrected chi connectivity index (χ0v) is 15.2. The average molecular weight is 358 g/mol. The number of hydrogen-bond donors (Lipinski definition) is 1. The lowest BCUT2D eigenvalue weighted by atomic mass is 9.84. The summed E-state index contributed by atoms with van der Waals surface area (Å²) in [5, 5.41) is 8.22. The van der Waals surface area contributed by atoms with Gasteiger partial charge in [-0.05, 0) is 55.6 Å². The molecule has 4 nitrogen and oxygen atoms in total. The van der Waals surface area contributed by atoms with E-state index in [0.29, 0.717) is 23.0 Å². The number of nitrogens with one attached hydrogen (secondary N) is 1. The topological polar surface area (TPSA) is 46.9 Å². The number of nitrogens with zero attached hydrogens (tertiary/aromatic N) is 2. The summed E-state index contributed by atoms with van der Waals surface area (Å²) in [7, 11) is 0. The Bertz CT molecular complexity index is 772. The van der Waals surface area contributed by atoms with Crippen molar-refractivity contribution in [3.63, 3.8) is 0 Å². The van der Waals surface area contributed by atoms with E-state index in [1.54, 1.807) is 17.1 Å². The van der Waals surface area contributed by atoms with Crippen LogP contribution in [0.2, 0.25) is 5.02 Å². The van der Waals surface area contributed by atoms with Crippen LogP contribution in [0, 0.1) is 17.8 Å². The van der Waals surface area contributed by atoms with Crippen molar-refractivity contribution in [2.24, 2.45) is 17.8 Å². The van der Waals surface area contributed by atoms with Gasteiger partial charge in [-0.25, -0.2) is 0 Å². The minimum Gasteiger partial charge on any atom is -0.349 e. The van der Waals surface area contributed by atoms with E-state index < -0.39 is 0 Å². The van der Waals surface area contributed by atoms with Crippen molar-refractivity contribution in [3.8, 4) is 0 Å². The molecule has 2 saturated carbocycles. The number of benzene rings is 1. The van der Waals surface area contributed by atoms with Crippen molar-refractivity contribution in [2.45, 2.75) is 45.2 Å². The Kier molecular flexibility index (Phi) is 4.55. The van der Waals surface area contributed by atoms with Crippen LogP contribution in [-0.4, -0.2) is 21.7 Å². The highest BCUT2D eigenvalue weighted by Gasteiger charge is 2.42. The van der Waals surface area contributed by atoms with Crippen molar-refractivity contribution in [2.75, 3.05) is 0 Å². The largest absolute Gasteiger partial charge is 0.349 e. The van der Waals surface area contributed by atoms with Gasteiger partial charge in [0.15, 0.2) is 0 Å². The number of halogens is 1. The van der Waals surface area contributed by atoms with Crippen LogP contribution in [-0.2, 0) is 6.54 Å². The molecule has 5 heteroatoms. The first-order chi connectivity index (χ1) is 12.1. The SMILES string of the molecule is CC(NC(=O)c1cnn(Cc2ccccc2Cl)c1)C1CC2CCC1C2. The van der Waals surface area contributed by atoms with Gasteiger partial charge in [-0.15, -0.1) is 0 Å². The molecule has 25 heavy (non-hydrogen) atoms. The molecule has 2 aliphatic rings. The van der Waals surface area contributed by atoms with Crippen LogP contribution in [0.1, 0.15) is 48.5 Å². The summed E-state index contributed by atoms with van der Waals surface area (Å²) in [4.78, 5) is 12.6. The van der Waals surface area contributed by atoms with Gasteiger partial charge in [-0.1, -0.05) is 36.2 Å². The monoisotopic (exact) mass is 357 g/mol. The Hall–Kier alpha value is -1.81. The summed E-state index contributed by atoms with van der Waals surface area (Å²) in [6.45, 7) is 2.71. The first-order valence-electron chi connectivity index (χ1n) is 9.17. The first-order valence-corrected chi connectivity index (χ1v) is 9.54. The van der Waals surface area contributed by atoms with E-state index in [1.165, 1.54) is 25.7 Å². The molecular formula is C20H24ClN3O. The van der Waals surface area contributed by atoms with Crippen LogP contribution in [0.3, 0.4) is 0 Å². The maximum absolute atomic E-state index is 12.6. The maximum atomic E-state index is 12.6. The van der Waals surface area contributed by atoms with Crippen molar-refractivity contribution in [1.82, 2.24) is 15.1 Å². The lowest BCUT2D eigenvalue weighted by Gasteiger charge is -2.28. The van der Waals surface area contributed by atoms with Gasteiger partial charge in [-0.2, -0.15) is 5.10 Å². The number of fused-ring (bicyclic) bond motifs is 2. The third-order valence-corrected chi connectivity index (χ3v) is 6.35. The highest BCUT2D eigenvalue weighted by atomic mass is 35.5. The zero-order chi connectivity index (χ0) is 17.4. The fourth-order valence-electron chi connectivity index (χ4n) is 4.67. The van der Waals surface area contributed by atoms with Gasteiger partial charge in [0.1, 0.15) is 0 Å². The summed E-state index contributed by atoms with van der Waals surface area (Å²) in [5.74, 6) is 2.32. The van der Waals surface area contributed by atoms with Gasteiger partial charge >= 0.3 is 0 Å². The minimum absolute atomic E-state index is 0.0271. The Morgan fingerprint density at radius 2 is 2.20 bits per heavy atom. The molecule has 2 bridgehead atoms. The normalized spacial score (nSPS) is 25.9. The smallest absolute Gasteiger partial charge is 0.254 e. The predicted molar refractivity (Wildman–Crippen MR) is 98.6 cm³/mol. The molecule has 0 spiro atoms. The second kappa shape index (κ2) is 6.83. The van der Waals surface area contributed by atoms with Crippen molar-refractivity contribution in [3.05, 3.63) is 52.8 Å². The first kappa shape index (κ1) is 16.6. The minimum atomic E-state index is -0.0271. The lowest BCUT2D eigenvalue weighted by molar-refractivity contribution is 0.0915. The lowest BCUT2D eigenvalue weighted by Crippen LogP contribution is -2.40. The second-order valence-corrected chi connectivity index (χ2v) is 8.03. The molecule has 0 aliphatic heterocycles. The molecule has 132 valence electrons. The van der Waals surface area contributed by atoms with Gasteiger partial charge < -0.3 is 5.32 Å². The summed E-state index contributed by atoms with van der Waals surface area (Å²) in [6, 6.07) is 7.93. The molecule has 2 aliphatic carbocycles. The molecule has 4 atom stereocenters. The fourth-order valence-corrected chi connectivity index (χ4v) is 4.87. The number of aromatic nitrogens is 2. The molecule has 1 aromatic carbocycles. The average Bonchev–Trinajstić information content (AvgIpc) is 3.33. The molecule has 2 fully saturated rings. The third kappa shape index (κ3) is 3.45. The number of carbonyl (C=O) groups excluding carboxylic acids is 1. The van der Waals surface area contributed by atoms with Gasteiger partial charge in [0.05, 0.1) is 18.3 Å². The van der Waals surface area contributed by atoms with E-state index in [-0.39, 0.29) is 11.9 Å². The van der Waals surface area contributed by atoms with Crippen LogP contribution < -0.4 is 5.32 Å². The Morgan fingerprint density at radius 1 is 1.36 bits per heavy atom. The molecule has 1 heterocycles. The molecule has 1 N–H and O–H groups in total. The van der Waals surface area contributed by atoms with Crippen molar-refractivity contribution >= 4 is 17.5 Å². The predicted octanol–water partition coefficient (Wildman–Crippen LogP) is 4.14. The Morgan fingerprint density at radius 3 is 2.92 bits per heavy atom. The molecule has 0 saturated heterocycles. The van der Waals surface area contributed by atoms with E-state index in [1.807, 2.05) is 24.3 Å². The second-order valence-electron chi connectivity index (χ2n) is 7.62. The van der Waals surface area contributed by atoms with E-state index in [4.69, 9.17) is 11.6 Å². The van der Waals surface area contributed by atoms with Gasteiger partial charge in [0, 0.05) is 17.3 Å². The fraction of sp³-hybridized carbons (Fsp3) is 0.500. The maximum Gasteiger partial charge on any atom is 0.254 e. The van der Waals surface area contributed by atoms with Crippen LogP contribution in [0.25, 0.3) is 0 Å². The highest BCUT2D eigenvalue weighted by Crippen LogP contribution is 2.49. The van der Waals surface area contributed by atoms with Crippen LogP contribution in [0.15, 0.2) is 36.7 Å².